The predicted molar refractivity (Wildman–Crippen MR) is 99.8 cm³/mol. The number of hydrogen-bond donors (Lipinski definition) is 1. The molecule has 8 heteroatoms. The fourth-order valence-corrected chi connectivity index (χ4v) is 5.25. The molecule has 1 aromatic rings. The number of morpholine rings is 1. The molecule has 3 aliphatic rings. The average molecular weight is 376 g/mol. The molecular formula is C18H24N4O3S. The van der Waals surface area contributed by atoms with E-state index in [4.69, 9.17) is 4.74 Å². The Morgan fingerprint density at radius 3 is 2.96 bits per heavy atom. The summed E-state index contributed by atoms with van der Waals surface area (Å²) in [7, 11) is 0. The average Bonchev–Trinajstić information content (AvgIpc) is 3.17. The van der Waals surface area contributed by atoms with E-state index in [0.717, 1.165) is 44.1 Å². The third kappa shape index (κ3) is 3.27. The topological polar surface area (TPSA) is 74.8 Å². The van der Waals surface area contributed by atoms with Crippen molar-refractivity contribution in [1.29, 1.82) is 0 Å². The van der Waals surface area contributed by atoms with E-state index in [0.29, 0.717) is 18.7 Å². The fraction of sp³-hybridized carbons (Fsp3) is 0.611. The van der Waals surface area contributed by atoms with Crippen LogP contribution >= 0.6 is 11.8 Å². The minimum atomic E-state index is -0.361. The maximum atomic E-state index is 12.6. The van der Waals surface area contributed by atoms with E-state index < -0.39 is 0 Å². The first kappa shape index (κ1) is 17.6. The summed E-state index contributed by atoms with van der Waals surface area (Å²) in [6.45, 7) is 5.65. The lowest BCUT2D eigenvalue weighted by Gasteiger charge is -2.29. The highest BCUT2D eigenvalue weighted by Crippen LogP contribution is 2.47. The van der Waals surface area contributed by atoms with Gasteiger partial charge in [0.15, 0.2) is 0 Å². The van der Waals surface area contributed by atoms with Crippen molar-refractivity contribution < 1.29 is 14.3 Å². The van der Waals surface area contributed by atoms with E-state index in [9.17, 15) is 9.59 Å². The number of hydrogen-bond acceptors (Lipinski definition) is 6. The Kier molecular flexibility index (Phi) is 4.79. The minimum absolute atomic E-state index is 0.0752. The highest BCUT2D eigenvalue weighted by molar-refractivity contribution is 8.01. The zero-order valence-corrected chi connectivity index (χ0v) is 15.8. The summed E-state index contributed by atoms with van der Waals surface area (Å²) in [6.07, 6.45) is 3.17. The molecule has 0 aromatic carbocycles. The number of carbonyl (C=O) groups excluding carboxylic acids is 2. The molecule has 1 aromatic heterocycles. The summed E-state index contributed by atoms with van der Waals surface area (Å²) in [6, 6.07) is 3.62. The number of pyridine rings is 1. The number of amides is 2. The molecule has 0 aliphatic carbocycles. The van der Waals surface area contributed by atoms with E-state index in [2.05, 4.69) is 22.1 Å². The van der Waals surface area contributed by atoms with Gasteiger partial charge in [-0.3, -0.25) is 9.59 Å². The zero-order chi connectivity index (χ0) is 18.1. The summed E-state index contributed by atoms with van der Waals surface area (Å²) < 4.78 is 5.36. The Hall–Kier alpha value is -1.80. The molecule has 1 N–H and O–H groups in total. The van der Waals surface area contributed by atoms with Gasteiger partial charge >= 0.3 is 0 Å². The molecular weight excluding hydrogens is 352 g/mol. The standard InChI is InChI=1S/C18H24N4O3S/c1-18-5-4-16(23)22(18)14(12-26-18)17(24)20-11-13-2-3-15(19-10-13)21-6-8-25-9-7-21/h2-3,10,14H,4-9,11-12H2,1H3,(H,20,24)/t14-,18+/m1/s1. The third-order valence-corrected chi connectivity index (χ3v) is 6.86. The quantitative estimate of drug-likeness (QED) is 0.845. The molecule has 2 amide bonds. The van der Waals surface area contributed by atoms with Gasteiger partial charge in [0.2, 0.25) is 11.8 Å². The Balaban J connectivity index is 1.34. The van der Waals surface area contributed by atoms with Crippen molar-refractivity contribution in [2.45, 2.75) is 37.2 Å². The monoisotopic (exact) mass is 376 g/mol. The van der Waals surface area contributed by atoms with Crippen LogP contribution in [0.1, 0.15) is 25.3 Å². The lowest BCUT2D eigenvalue weighted by molar-refractivity contribution is -0.138. The number of nitrogens with one attached hydrogen (secondary N) is 1. The van der Waals surface area contributed by atoms with Crippen molar-refractivity contribution in [3.63, 3.8) is 0 Å². The van der Waals surface area contributed by atoms with Crippen molar-refractivity contribution in [2.24, 2.45) is 0 Å². The minimum Gasteiger partial charge on any atom is -0.378 e. The van der Waals surface area contributed by atoms with Crippen LogP contribution in [0.2, 0.25) is 0 Å². The number of anilines is 1. The van der Waals surface area contributed by atoms with E-state index in [1.807, 2.05) is 12.1 Å². The van der Waals surface area contributed by atoms with Gasteiger partial charge in [0, 0.05) is 38.0 Å². The second-order valence-electron chi connectivity index (χ2n) is 7.11. The van der Waals surface area contributed by atoms with E-state index in [-0.39, 0.29) is 22.7 Å². The molecule has 0 spiro atoms. The summed E-state index contributed by atoms with van der Waals surface area (Å²) in [5.74, 6) is 1.62. The number of fused-ring (bicyclic) bond motifs is 1. The molecule has 3 saturated heterocycles. The lowest BCUT2D eigenvalue weighted by Crippen LogP contribution is -2.49. The second-order valence-corrected chi connectivity index (χ2v) is 8.61. The molecule has 2 atom stereocenters. The van der Waals surface area contributed by atoms with E-state index in [1.54, 1.807) is 22.9 Å². The molecule has 0 radical (unpaired) electrons. The van der Waals surface area contributed by atoms with Crippen molar-refractivity contribution in [2.75, 3.05) is 37.0 Å². The first-order valence-electron chi connectivity index (χ1n) is 9.08. The Labute approximate surface area is 157 Å². The number of carbonyl (C=O) groups is 2. The first-order chi connectivity index (χ1) is 12.6. The largest absolute Gasteiger partial charge is 0.378 e. The molecule has 4 rings (SSSR count). The fourth-order valence-electron chi connectivity index (χ4n) is 3.82. The summed E-state index contributed by atoms with van der Waals surface area (Å²) in [4.78, 5) is 33.0. The molecule has 4 heterocycles. The SMILES string of the molecule is C[C@]12CCC(=O)N1[C@@H](C(=O)NCc1ccc(N3CCOCC3)nc1)CS2. The van der Waals surface area contributed by atoms with Crippen LogP contribution in [0.15, 0.2) is 18.3 Å². The molecule has 140 valence electrons. The van der Waals surface area contributed by atoms with Crippen LogP contribution in [0.25, 0.3) is 0 Å². The number of thioether (sulfide) groups is 1. The normalized spacial score (nSPS) is 28.3. The maximum absolute atomic E-state index is 12.6. The van der Waals surface area contributed by atoms with Crippen molar-refractivity contribution in [3.05, 3.63) is 23.9 Å². The van der Waals surface area contributed by atoms with Crippen molar-refractivity contribution in [3.8, 4) is 0 Å². The van der Waals surface area contributed by atoms with Gasteiger partial charge in [-0.15, -0.1) is 11.8 Å². The van der Waals surface area contributed by atoms with Crippen molar-refractivity contribution in [1.82, 2.24) is 15.2 Å². The van der Waals surface area contributed by atoms with E-state index >= 15 is 0 Å². The van der Waals surface area contributed by atoms with Gasteiger partial charge in [-0.25, -0.2) is 4.98 Å². The molecule has 0 bridgehead atoms. The van der Waals surface area contributed by atoms with Crippen molar-refractivity contribution >= 4 is 29.4 Å². The van der Waals surface area contributed by atoms with Crippen LogP contribution in [0.3, 0.4) is 0 Å². The Bertz CT molecular complexity index is 692. The number of ether oxygens (including phenoxy) is 1. The maximum Gasteiger partial charge on any atom is 0.243 e. The lowest BCUT2D eigenvalue weighted by atomic mass is 10.2. The van der Waals surface area contributed by atoms with Gasteiger partial charge in [0.1, 0.15) is 11.9 Å². The van der Waals surface area contributed by atoms with E-state index in [1.165, 1.54) is 0 Å². The number of nitrogens with zero attached hydrogens (tertiary/aromatic N) is 3. The highest BCUT2D eigenvalue weighted by Gasteiger charge is 2.52. The van der Waals surface area contributed by atoms with Crippen LogP contribution in [0, 0.1) is 0 Å². The molecule has 0 unspecified atom stereocenters. The van der Waals surface area contributed by atoms with Gasteiger partial charge in [-0.1, -0.05) is 6.07 Å². The summed E-state index contributed by atoms with van der Waals surface area (Å²) in [5, 5.41) is 2.97. The molecule has 26 heavy (non-hydrogen) atoms. The summed E-state index contributed by atoms with van der Waals surface area (Å²) >= 11 is 1.71. The van der Waals surface area contributed by atoms with Crippen LogP contribution in [0.4, 0.5) is 5.82 Å². The molecule has 7 nitrogen and oxygen atoms in total. The predicted octanol–water partition coefficient (Wildman–Crippen LogP) is 0.988. The Morgan fingerprint density at radius 1 is 1.42 bits per heavy atom. The second kappa shape index (κ2) is 7.08. The Morgan fingerprint density at radius 2 is 2.23 bits per heavy atom. The molecule has 3 aliphatic heterocycles. The third-order valence-electron chi connectivity index (χ3n) is 5.36. The van der Waals surface area contributed by atoms with Gasteiger partial charge in [-0.05, 0) is 25.0 Å². The molecule has 3 fully saturated rings. The smallest absolute Gasteiger partial charge is 0.243 e. The number of aromatic nitrogens is 1. The van der Waals surface area contributed by atoms with Crippen LogP contribution in [-0.4, -0.2) is 64.7 Å². The van der Waals surface area contributed by atoms with Crippen LogP contribution in [-0.2, 0) is 20.9 Å². The first-order valence-corrected chi connectivity index (χ1v) is 10.1. The van der Waals surface area contributed by atoms with Crippen LogP contribution in [0.5, 0.6) is 0 Å². The van der Waals surface area contributed by atoms with Gasteiger partial charge in [0.25, 0.3) is 0 Å². The zero-order valence-electron chi connectivity index (χ0n) is 14.9. The summed E-state index contributed by atoms with van der Waals surface area (Å²) in [5.41, 5.74) is 0.955. The van der Waals surface area contributed by atoms with Gasteiger partial charge in [0.05, 0.1) is 18.1 Å². The van der Waals surface area contributed by atoms with Crippen LogP contribution < -0.4 is 10.2 Å². The van der Waals surface area contributed by atoms with Gasteiger partial charge in [-0.2, -0.15) is 0 Å². The molecule has 0 saturated carbocycles. The number of rotatable bonds is 4. The highest BCUT2D eigenvalue weighted by atomic mass is 32.2. The van der Waals surface area contributed by atoms with Gasteiger partial charge < -0.3 is 19.9 Å².